The van der Waals surface area contributed by atoms with Crippen molar-refractivity contribution >= 4 is 47.2 Å². The third kappa shape index (κ3) is 9.06. The lowest BCUT2D eigenvalue weighted by atomic mass is 10.4. The summed E-state index contributed by atoms with van der Waals surface area (Å²) >= 11 is 1.35. The van der Waals surface area contributed by atoms with Crippen LogP contribution in [-0.2, 0) is 4.74 Å². The number of hydrogen-bond acceptors (Lipinski definition) is 5. The summed E-state index contributed by atoms with van der Waals surface area (Å²) in [6, 6.07) is 0. The Morgan fingerprint density at radius 2 is 2.09 bits per heavy atom. The molecule has 0 aromatic carbocycles. The van der Waals surface area contributed by atoms with Gasteiger partial charge in [0.1, 0.15) is 4.88 Å². The first-order valence-corrected chi connectivity index (χ1v) is 8.26. The van der Waals surface area contributed by atoms with E-state index in [4.69, 9.17) is 4.74 Å². The molecule has 0 aliphatic rings. The highest BCUT2D eigenvalue weighted by atomic mass is 127. The van der Waals surface area contributed by atoms with Gasteiger partial charge in [0.05, 0.1) is 11.2 Å². The Kier molecular flexibility index (Phi) is 12.9. The summed E-state index contributed by atoms with van der Waals surface area (Å²) < 4.78 is 4.99. The van der Waals surface area contributed by atoms with Crippen LogP contribution >= 0.6 is 35.3 Å². The molecule has 0 saturated carbocycles. The van der Waals surface area contributed by atoms with Crippen LogP contribution in [0.1, 0.15) is 28.7 Å². The van der Waals surface area contributed by atoms with E-state index in [9.17, 15) is 4.79 Å². The Hall–Kier alpha value is -0.940. The molecule has 0 atom stereocenters. The number of rotatable bonds is 9. The lowest BCUT2D eigenvalue weighted by molar-refractivity contribution is 0.0957. The molecule has 0 fully saturated rings. The predicted octanol–water partition coefficient (Wildman–Crippen LogP) is 1.39. The van der Waals surface area contributed by atoms with Crippen LogP contribution in [0, 0.1) is 6.92 Å². The predicted molar refractivity (Wildman–Crippen MR) is 105 cm³/mol. The second-order valence-electron chi connectivity index (χ2n) is 4.56. The monoisotopic (exact) mass is 455 g/mol. The number of carbonyl (C=O) groups excluding carboxylic acids is 1. The quantitative estimate of drug-likeness (QED) is 0.227. The van der Waals surface area contributed by atoms with Crippen LogP contribution in [0.25, 0.3) is 0 Å². The molecule has 1 heterocycles. The minimum atomic E-state index is -0.0798. The smallest absolute Gasteiger partial charge is 0.263 e. The number of nitrogens with zero attached hydrogens (tertiary/aromatic N) is 2. The lowest BCUT2D eigenvalue weighted by Crippen LogP contribution is -2.41. The highest BCUT2D eigenvalue weighted by molar-refractivity contribution is 14.0. The topological polar surface area (TPSA) is 87.6 Å². The summed E-state index contributed by atoms with van der Waals surface area (Å²) in [7, 11) is 1.68. The third-order valence-electron chi connectivity index (χ3n) is 2.78. The van der Waals surface area contributed by atoms with Crippen molar-refractivity contribution in [1.29, 1.82) is 0 Å². The van der Waals surface area contributed by atoms with Gasteiger partial charge in [-0.1, -0.05) is 0 Å². The number of aliphatic imine (C=N–C) groups is 1. The Morgan fingerprint density at radius 3 is 2.70 bits per heavy atom. The summed E-state index contributed by atoms with van der Waals surface area (Å²) in [5.41, 5.74) is 2.45. The van der Waals surface area contributed by atoms with Crippen molar-refractivity contribution in [1.82, 2.24) is 20.9 Å². The van der Waals surface area contributed by atoms with Crippen molar-refractivity contribution in [2.24, 2.45) is 4.99 Å². The van der Waals surface area contributed by atoms with Gasteiger partial charge in [-0.3, -0.25) is 9.79 Å². The standard InChI is InChI=1S/C14H25N5O2S.HI/c1-4-15-14(17-6-5-9-21-3)18-8-7-16-13(20)12-11(2)19-10-22-12;/h10H,4-9H2,1-3H3,(H,16,20)(H2,15,17,18);1H. The molecule has 3 N–H and O–H groups in total. The van der Waals surface area contributed by atoms with Crippen molar-refractivity contribution in [3.05, 3.63) is 16.1 Å². The molecule has 132 valence electrons. The highest BCUT2D eigenvalue weighted by Gasteiger charge is 2.10. The lowest BCUT2D eigenvalue weighted by Gasteiger charge is -2.11. The van der Waals surface area contributed by atoms with E-state index in [1.165, 1.54) is 11.3 Å². The minimum Gasteiger partial charge on any atom is -0.385 e. The zero-order valence-electron chi connectivity index (χ0n) is 13.8. The van der Waals surface area contributed by atoms with E-state index in [1.54, 1.807) is 12.6 Å². The molecule has 7 nitrogen and oxygen atoms in total. The van der Waals surface area contributed by atoms with Crippen molar-refractivity contribution in [3.63, 3.8) is 0 Å². The van der Waals surface area contributed by atoms with E-state index >= 15 is 0 Å². The van der Waals surface area contributed by atoms with E-state index in [0.717, 1.165) is 24.6 Å². The molecule has 1 rings (SSSR count). The minimum absolute atomic E-state index is 0. The van der Waals surface area contributed by atoms with Crippen LogP contribution in [0.3, 0.4) is 0 Å². The van der Waals surface area contributed by atoms with Gasteiger partial charge in [0, 0.05) is 39.9 Å². The molecule has 1 aromatic heterocycles. The number of thiazole rings is 1. The molecule has 0 spiro atoms. The Balaban J connectivity index is 0.00000484. The zero-order valence-corrected chi connectivity index (χ0v) is 17.0. The number of amides is 1. The molecule has 0 radical (unpaired) electrons. The van der Waals surface area contributed by atoms with Gasteiger partial charge < -0.3 is 20.7 Å². The van der Waals surface area contributed by atoms with E-state index in [0.29, 0.717) is 31.1 Å². The van der Waals surface area contributed by atoms with Gasteiger partial charge in [-0.05, 0) is 20.3 Å². The van der Waals surface area contributed by atoms with Crippen LogP contribution in [-0.4, -0.2) is 56.7 Å². The highest BCUT2D eigenvalue weighted by Crippen LogP contribution is 2.10. The number of guanidine groups is 1. The summed E-state index contributed by atoms with van der Waals surface area (Å²) in [6.45, 7) is 7.18. The van der Waals surface area contributed by atoms with E-state index in [1.807, 2.05) is 13.8 Å². The maximum absolute atomic E-state index is 11.9. The van der Waals surface area contributed by atoms with Crippen LogP contribution < -0.4 is 16.0 Å². The second-order valence-corrected chi connectivity index (χ2v) is 5.41. The van der Waals surface area contributed by atoms with Crippen LogP contribution in [0.4, 0.5) is 0 Å². The fourth-order valence-corrected chi connectivity index (χ4v) is 2.42. The van der Waals surface area contributed by atoms with E-state index in [-0.39, 0.29) is 29.9 Å². The number of methoxy groups -OCH3 is 1. The van der Waals surface area contributed by atoms with Gasteiger partial charge >= 0.3 is 0 Å². The number of hydrogen-bond donors (Lipinski definition) is 3. The van der Waals surface area contributed by atoms with Gasteiger partial charge in [0.15, 0.2) is 5.96 Å². The van der Waals surface area contributed by atoms with Gasteiger partial charge in [-0.25, -0.2) is 4.98 Å². The van der Waals surface area contributed by atoms with Gasteiger partial charge in [0.25, 0.3) is 5.91 Å². The molecule has 0 aliphatic carbocycles. The number of ether oxygens (including phenoxy) is 1. The number of carbonyl (C=O) groups is 1. The van der Waals surface area contributed by atoms with E-state index < -0.39 is 0 Å². The van der Waals surface area contributed by atoms with Gasteiger partial charge in [-0.15, -0.1) is 35.3 Å². The summed E-state index contributed by atoms with van der Waals surface area (Å²) in [6.07, 6.45) is 0.883. The zero-order chi connectivity index (χ0) is 16.2. The first kappa shape index (κ1) is 22.1. The van der Waals surface area contributed by atoms with E-state index in [2.05, 4.69) is 25.9 Å². The molecule has 23 heavy (non-hydrogen) atoms. The van der Waals surface area contributed by atoms with Crippen molar-refractivity contribution in [2.75, 3.05) is 39.9 Å². The number of nitrogens with one attached hydrogen (secondary N) is 3. The molecule has 0 saturated heterocycles. The first-order valence-electron chi connectivity index (χ1n) is 7.38. The number of halogens is 1. The molecular weight excluding hydrogens is 429 g/mol. The van der Waals surface area contributed by atoms with Crippen molar-refractivity contribution < 1.29 is 9.53 Å². The number of aryl methyl sites for hydroxylation is 1. The largest absolute Gasteiger partial charge is 0.385 e. The molecule has 9 heteroatoms. The van der Waals surface area contributed by atoms with Gasteiger partial charge in [-0.2, -0.15) is 0 Å². The fourth-order valence-electron chi connectivity index (χ4n) is 1.70. The van der Waals surface area contributed by atoms with Gasteiger partial charge in [0.2, 0.25) is 0 Å². The molecule has 0 aliphatic heterocycles. The Labute approximate surface area is 158 Å². The molecular formula is C14H26IN5O2S. The molecule has 1 aromatic rings. The molecule has 0 unspecified atom stereocenters. The summed E-state index contributed by atoms with van der Waals surface area (Å²) in [4.78, 5) is 21.1. The van der Waals surface area contributed by atoms with Crippen molar-refractivity contribution in [3.8, 4) is 0 Å². The third-order valence-corrected chi connectivity index (χ3v) is 3.70. The summed E-state index contributed by atoms with van der Waals surface area (Å²) in [5.74, 6) is 0.672. The first-order chi connectivity index (χ1) is 10.7. The van der Waals surface area contributed by atoms with Crippen molar-refractivity contribution in [2.45, 2.75) is 20.3 Å². The van der Waals surface area contributed by atoms with Crippen LogP contribution in [0.5, 0.6) is 0 Å². The fraction of sp³-hybridized carbons (Fsp3) is 0.643. The van der Waals surface area contributed by atoms with Crippen LogP contribution in [0.15, 0.2) is 10.5 Å². The second kappa shape index (κ2) is 13.5. The Bertz CT molecular complexity index is 481. The summed E-state index contributed by atoms with van der Waals surface area (Å²) in [5, 5.41) is 9.21. The maximum Gasteiger partial charge on any atom is 0.263 e. The maximum atomic E-state index is 11.9. The normalized spacial score (nSPS) is 10.8. The average molecular weight is 455 g/mol. The molecule has 0 bridgehead atoms. The Morgan fingerprint density at radius 1 is 1.35 bits per heavy atom. The number of aromatic nitrogens is 1. The molecule has 1 amide bonds. The average Bonchev–Trinajstić information content (AvgIpc) is 2.93. The van der Waals surface area contributed by atoms with Crippen LogP contribution in [0.2, 0.25) is 0 Å². The SMILES string of the molecule is CCNC(=NCCCOC)NCCNC(=O)c1scnc1C.I.